The number of nitrogens with one attached hydrogen (secondary N) is 2. The molecule has 8 heteroatoms. The predicted octanol–water partition coefficient (Wildman–Crippen LogP) is 1.20. The number of aliphatic hydroxyl groups is 1. The second-order valence-corrected chi connectivity index (χ2v) is 7.76. The van der Waals surface area contributed by atoms with Crippen LogP contribution in [0.4, 0.5) is 0 Å². The summed E-state index contributed by atoms with van der Waals surface area (Å²) in [4.78, 5) is 13.6. The fraction of sp³-hybridized carbons (Fsp3) is 0.500. The second kappa shape index (κ2) is 6.23. The number of oxazole rings is 1. The SMILES string of the molecule is CC(C)(CCCO)CNS(=O)(=O)c1ccc2[nH]c(=O)oc2c1. The largest absolute Gasteiger partial charge is 0.417 e. The average molecular weight is 328 g/mol. The highest BCUT2D eigenvalue weighted by Crippen LogP contribution is 2.22. The average Bonchev–Trinajstić information content (AvgIpc) is 2.82. The summed E-state index contributed by atoms with van der Waals surface area (Å²) in [6.07, 6.45) is 1.33. The summed E-state index contributed by atoms with van der Waals surface area (Å²) in [6, 6.07) is 4.22. The topological polar surface area (TPSA) is 112 Å². The molecule has 0 bridgehead atoms. The van der Waals surface area contributed by atoms with Crippen LogP contribution < -0.4 is 10.5 Å². The number of hydrogen-bond donors (Lipinski definition) is 3. The molecule has 22 heavy (non-hydrogen) atoms. The normalized spacial score (nSPS) is 12.9. The monoisotopic (exact) mass is 328 g/mol. The third-order valence-electron chi connectivity index (χ3n) is 3.46. The van der Waals surface area contributed by atoms with Crippen LogP contribution in [-0.2, 0) is 10.0 Å². The van der Waals surface area contributed by atoms with Gasteiger partial charge in [0.15, 0.2) is 5.58 Å². The Bertz CT molecular complexity index is 804. The van der Waals surface area contributed by atoms with Gasteiger partial charge in [-0.15, -0.1) is 0 Å². The van der Waals surface area contributed by atoms with Gasteiger partial charge in [-0.25, -0.2) is 17.9 Å². The molecule has 0 aliphatic rings. The van der Waals surface area contributed by atoms with Gasteiger partial charge >= 0.3 is 5.76 Å². The lowest BCUT2D eigenvalue weighted by molar-refractivity contribution is 0.242. The van der Waals surface area contributed by atoms with Crippen molar-refractivity contribution in [3.8, 4) is 0 Å². The van der Waals surface area contributed by atoms with E-state index in [0.717, 1.165) is 0 Å². The van der Waals surface area contributed by atoms with Gasteiger partial charge in [-0.1, -0.05) is 13.8 Å². The van der Waals surface area contributed by atoms with Crippen LogP contribution in [0, 0.1) is 5.41 Å². The molecule has 2 rings (SSSR count). The van der Waals surface area contributed by atoms with E-state index >= 15 is 0 Å². The molecule has 122 valence electrons. The molecule has 0 fully saturated rings. The minimum Gasteiger partial charge on any atom is -0.408 e. The molecule has 0 saturated carbocycles. The molecule has 7 nitrogen and oxygen atoms in total. The molecule has 0 spiro atoms. The highest BCUT2D eigenvalue weighted by molar-refractivity contribution is 7.89. The van der Waals surface area contributed by atoms with Gasteiger partial charge in [-0.2, -0.15) is 0 Å². The molecule has 0 saturated heterocycles. The van der Waals surface area contributed by atoms with Crippen LogP contribution in [0.3, 0.4) is 0 Å². The molecule has 0 atom stereocenters. The van der Waals surface area contributed by atoms with Crippen LogP contribution in [-0.4, -0.2) is 31.7 Å². The van der Waals surface area contributed by atoms with Crippen molar-refractivity contribution in [3.05, 3.63) is 28.7 Å². The van der Waals surface area contributed by atoms with E-state index in [-0.39, 0.29) is 29.0 Å². The fourth-order valence-corrected chi connectivity index (χ4v) is 3.37. The summed E-state index contributed by atoms with van der Waals surface area (Å²) < 4.78 is 32.1. The lowest BCUT2D eigenvalue weighted by Gasteiger charge is -2.24. The lowest BCUT2D eigenvalue weighted by Crippen LogP contribution is -2.34. The van der Waals surface area contributed by atoms with Crippen LogP contribution in [0.1, 0.15) is 26.7 Å². The number of aromatic nitrogens is 1. The molecule has 0 radical (unpaired) electrons. The number of hydrogen-bond acceptors (Lipinski definition) is 5. The second-order valence-electron chi connectivity index (χ2n) is 5.99. The molecule has 0 amide bonds. The van der Waals surface area contributed by atoms with E-state index in [9.17, 15) is 13.2 Å². The molecule has 1 aromatic carbocycles. The summed E-state index contributed by atoms with van der Waals surface area (Å²) in [5.41, 5.74) is 0.389. The maximum absolute atomic E-state index is 12.3. The number of rotatable bonds is 7. The first-order valence-corrected chi connectivity index (χ1v) is 8.45. The standard InChI is InChI=1S/C14H20N2O5S/c1-14(2,6-3-7-17)9-15-22(19,20)10-4-5-11-12(8-10)21-13(18)16-11/h4-5,8,15,17H,3,6-7,9H2,1-2H3,(H,16,18). The van der Waals surface area contributed by atoms with Crippen molar-refractivity contribution in [2.75, 3.05) is 13.2 Å². The van der Waals surface area contributed by atoms with Gasteiger partial charge < -0.3 is 9.52 Å². The van der Waals surface area contributed by atoms with Gasteiger partial charge in [0.25, 0.3) is 0 Å². The van der Waals surface area contributed by atoms with Crippen molar-refractivity contribution in [2.24, 2.45) is 5.41 Å². The molecular weight excluding hydrogens is 308 g/mol. The van der Waals surface area contributed by atoms with Gasteiger partial charge in [0.05, 0.1) is 10.4 Å². The number of aliphatic hydroxyl groups excluding tert-OH is 1. The Morgan fingerprint density at radius 3 is 2.77 bits per heavy atom. The van der Waals surface area contributed by atoms with Crippen molar-refractivity contribution >= 4 is 21.1 Å². The highest BCUT2D eigenvalue weighted by Gasteiger charge is 2.22. The van der Waals surface area contributed by atoms with Gasteiger partial charge in [-0.3, -0.25) is 4.98 Å². The molecular formula is C14H20N2O5S. The van der Waals surface area contributed by atoms with Crippen LogP contribution in [0.15, 0.2) is 32.3 Å². The first-order valence-electron chi connectivity index (χ1n) is 6.97. The quantitative estimate of drug-likeness (QED) is 0.707. The summed E-state index contributed by atoms with van der Waals surface area (Å²) in [5, 5.41) is 8.86. The summed E-state index contributed by atoms with van der Waals surface area (Å²) in [5.74, 6) is -0.623. The van der Waals surface area contributed by atoms with Crippen LogP contribution in [0.25, 0.3) is 11.1 Å². The Hall–Kier alpha value is -1.64. The first kappa shape index (κ1) is 16.7. The number of benzene rings is 1. The molecule has 0 unspecified atom stereocenters. The van der Waals surface area contributed by atoms with Crippen LogP contribution in [0.2, 0.25) is 0 Å². The highest BCUT2D eigenvalue weighted by atomic mass is 32.2. The third-order valence-corrected chi connectivity index (χ3v) is 4.85. The van der Waals surface area contributed by atoms with E-state index in [0.29, 0.717) is 18.4 Å². The number of sulfonamides is 1. The van der Waals surface area contributed by atoms with Crippen molar-refractivity contribution in [1.82, 2.24) is 9.71 Å². The minimum absolute atomic E-state index is 0.0423. The zero-order valence-corrected chi connectivity index (χ0v) is 13.4. The zero-order chi connectivity index (χ0) is 16.4. The van der Waals surface area contributed by atoms with Crippen molar-refractivity contribution < 1.29 is 17.9 Å². The third kappa shape index (κ3) is 3.96. The maximum Gasteiger partial charge on any atom is 0.417 e. The Morgan fingerprint density at radius 1 is 1.36 bits per heavy atom. The Labute approximate surface area is 128 Å². The minimum atomic E-state index is -3.69. The van der Waals surface area contributed by atoms with Gasteiger partial charge in [-0.05, 0) is 30.4 Å². The van der Waals surface area contributed by atoms with E-state index in [2.05, 4.69) is 9.71 Å². The van der Waals surface area contributed by atoms with Crippen LogP contribution >= 0.6 is 0 Å². The molecule has 1 aromatic heterocycles. The molecule has 0 aliphatic heterocycles. The smallest absolute Gasteiger partial charge is 0.408 e. The van der Waals surface area contributed by atoms with Crippen molar-refractivity contribution in [3.63, 3.8) is 0 Å². The first-order chi connectivity index (χ1) is 10.2. The fourth-order valence-electron chi connectivity index (χ4n) is 2.11. The van der Waals surface area contributed by atoms with Gasteiger partial charge in [0, 0.05) is 19.2 Å². The van der Waals surface area contributed by atoms with E-state index < -0.39 is 15.8 Å². The van der Waals surface area contributed by atoms with Gasteiger partial charge in [0.1, 0.15) is 0 Å². The van der Waals surface area contributed by atoms with E-state index in [1.54, 1.807) is 0 Å². The van der Waals surface area contributed by atoms with Gasteiger partial charge in [0.2, 0.25) is 10.0 Å². The van der Waals surface area contributed by atoms with E-state index in [1.807, 2.05) is 13.8 Å². The van der Waals surface area contributed by atoms with E-state index in [4.69, 9.17) is 9.52 Å². The Kier molecular flexibility index (Phi) is 4.74. The lowest BCUT2D eigenvalue weighted by atomic mass is 9.88. The number of aromatic amines is 1. The van der Waals surface area contributed by atoms with E-state index in [1.165, 1.54) is 18.2 Å². The van der Waals surface area contributed by atoms with Crippen LogP contribution in [0.5, 0.6) is 0 Å². The van der Waals surface area contributed by atoms with Crippen molar-refractivity contribution in [2.45, 2.75) is 31.6 Å². The zero-order valence-electron chi connectivity index (χ0n) is 12.5. The van der Waals surface area contributed by atoms with Crippen molar-refractivity contribution in [1.29, 1.82) is 0 Å². The summed E-state index contributed by atoms with van der Waals surface area (Å²) >= 11 is 0. The summed E-state index contributed by atoms with van der Waals surface area (Å²) in [6.45, 7) is 4.20. The Balaban J connectivity index is 2.16. The molecule has 1 heterocycles. The maximum atomic E-state index is 12.3. The molecule has 2 aromatic rings. The number of fused-ring (bicyclic) bond motifs is 1. The summed E-state index contributed by atoms with van der Waals surface area (Å²) in [7, 11) is -3.69. The number of H-pyrrole nitrogens is 1. The Morgan fingerprint density at radius 2 is 2.09 bits per heavy atom. The molecule has 3 N–H and O–H groups in total. The predicted molar refractivity (Wildman–Crippen MR) is 82.1 cm³/mol. The molecule has 0 aliphatic carbocycles.